The van der Waals surface area contributed by atoms with E-state index in [1.807, 2.05) is 24.3 Å². The molecule has 20 heavy (non-hydrogen) atoms. The van der Waals surface area contributed by atoms with Crippen LogP contribution in [0.2, 0.25) is 0 Å². The van der Waals surface area contributed by atoms with Crippen LogP contribution in [0.25, 0.3) is 0 Å². The predicted molar refractivity (Wildman–Crippen MR) is 77.4 cm³/mol. The van der Waals surface area contributed by atoms with Gasteiger partial charge in [-0.1, -0.05) is 18.2 Å². The molecule has 5 heteroatoms. The first-order chi connectivity index (χ1) is 9.81. The highest BCUT2D eigenvalue weighted by atomic mass is 16.5. The molecule has 0 radical (unpaired) electrons. The number of ether oxygens (including phenoxy) is 3. The molecule has 1 saturated carbocycles. The molecule has 0 aliphatic heterocycles. The molecule has 0 amide bonds. The first-order valence-electron chi connectivity index (χ1n) is 7.01. The lowest BCUT2D eigenvalue weighted by Gasteiger charge is -2.27. The minimum Gasteiger partial charge on any atom is -0.491 e. The van der Waals surface area contributed by atoms with Gasteiger partial charge in [-0.3, -0.25) is 11.3 Å². The Labute approximate surface area is 120 Å². The van der Waals surface area contributed by atoms with Gasteiger partial charge in [-0.15, -0.1) is 0 Å². The fraction of sp³-hybridized carbons (Fsp3) is 0.600. The number of nitrogens with two attached hydrogens (primary N) is 1. The van der Waals surface area contributed by atoms with Crippen molar-refractivity contribution in [3.8, 4) is 5.75 Å². The van der Waals surface area contributed by atoms with E-state index in [4.69, 9.17) is 20.1 Å². The Kier molecular flexibility index (Phi) is 5.79. The highest BCUT2D eigenvalue weighted by Gasteiger charge is 2.38. The molecule has 1 fully saturated rings. The molecule has 1 aliphatic rings. The number of methoxy groups -OCH3 is 2. The maximum atomic E-state index is 5.78. The van der Waals surface area contributed by atoms with Crippen LogP contribution in [0.15, 0.2) is 24.3 Å². The Morgan fingerprint density at radius 3 is 2.60 bits per heavy atom. The van der Waals surface area contributed by atoms with Crippen molar-refractivity contribution in [3.63, 3.8) is 0 Å². The van der Waals surface area contributed by atoms with Crippen LogP contribution < -0.4 is 16.0 Å². The second-order valence-electron chi connectivity index (χ2n) is 5.06. The highest BCUT2D eigenvalue weighted by molar-refractivity contribution is 5.37. The van der Waals surface area contributed by atoms with Gasteiger partial charge >= 0.3 is 0 Å². The smallest absolute Gasteiger partial charge is 0.124 e. The van der Waals surface area contributed by atoms with Gasteiger partial charge in [0.1, 0.15) is 12.4 Å². The van der Waals surface area contributed by atoms with Gasteiger partial charge in [-0.2, -0.15) is 0 Å². The van der Waals surface area contributed by atoms with Crippen molar-refractivity contribution in [1.29, 1.82) is 0 Å². The zero-order valence-corrected chi connectivity index (χ0v) is 12.2. The van der Waals surface area contributed by atoms with E-state index in [1.54, 1.807) is 14.2 Å². The molecular formula is C15H24N2O3. The van der Waals surface area contributed by atoms with Gasteiger partial charge in [0.2, 0.25) is 0 Å². The lowest BCUT2D eigenvalue weighted by atomic mass is 9.97. The van der Waals surface area contributed by atoms with E-state index in [-0.39, 0.29) is 12.1 Å². The minimum atomic E-state index is -0.0637. The summed E-state index contributed by atoms with van der Waals surface area (Å²) in [5, 5.41) is 0. The first kappa shape index (κ1) is 15.3. The average Bonchev–Trinajstić information content (AvgIpc) is 3.30. The third kappa shape index (κ3) is 3.70. The van der Waals surface area contributed by atoms with Gasteiger partial charge in [0.05, 0.1) is 18.8 Å². The Balaban J connectivity index is 2.15. The molecule has 5 nitrogen and oxygen atoms in total. The number of benzene rings is 1. The van der Waals surface area contributed by atoms with E-state index in [2.05, 4.69) is 5.43 Å². The first-order valence-corrected chi connectivity index (χ1v) is 7.01. The fourth-order valence-electron chi connectivity index (χ4n) is 2.49. The summed E-state index contributed by atoms with van der Waals surface area (Å²) in [5.41, 5.74) is 3.92. The summed E-state index contributed by atoms with van der Waals surface area (Å²) >= 11 is 0. The van der Waals surface area contributed by atoms with E-state index in [0.29, 0.717) is 19.1 Å². The Hall–Kier alpha value is -1.14. The molecule has 2 atom stereocenters. The summed E-state index contributed by atoms with van der Waals surface area (Å²) in [4.78, 5) is 0. The summed E-state index contributed by atoms with van der Waals surface area (Å²) in [6.45, 7) is 1.08. The third-order valence-electron chi connectivity index (χ3n) is 3.67. The standard InChI is InChI=1S/C15H24N2O3/c1-18-9-10-20-13-6-4-3-5-12(13)14(17-16)15(19-2)11-7-8-11/h3-6,11,14-15,17H,7-10,16H2,1-2H3. The van der Waals surface area contributed by atoms with Crippen molar-refractivity contribution in [2.75, 3.05) is 27.4 Å². The predicted octanol–water partition coefficient (Wildman–Crippen LogP) is 1.64. The van der Waals surface area contributed by atoms with Crippen molar-refractivity contribution in [2.24, 2.45) is 11.8 Å². The maximum absolute atomic E-state index is 5.78. The van der Waals surface area contributed by atoms with Crippen molar-refractivity contribution >= 4 is 0 Å². The molecule has 0 bridgehead atoms. The summed E-state index contributed by atoms with van der Waals surface area (Å²) in [7, 11) is 3.40. The van der Waals surface area contributed by atoms with Gasteiger partial charge in [0.25, 0.3) is 0 Å². The topological polar surface area (TPSA) is 65.7 Å². The maximum Gasteiger partial charge on any atom is 0.124 e. The van der Waals surface area contributed by atoms with Crippen molar-refractivity contribution in [2.45, 2.75) is 25.0 Å². The van der Waals surface area contributed by atoms with Crippen LogP contribution in [0, 0.1) is 5.92 Å². The van der Waals surface area contributed by atoms with E-state index < -0.39 is 0 Å². The van der Waals surface area contributed by atoms with Gasteiger partial charge < -0.3 is 14.2 Å². The van der Waals surface area contributed by atoms with Crippen molar-refractivity contribution in [1.82, 2.24) is 5.43 Å². The molecule has 1 aromatic rings. The monoisotopic (exact) mass is 280 g/mol. The molecule has 1 aliphatic carbocycles. The van der Waals surface area contributed by atoms with E-state index in [9.17, 15) is 0 Å². The van der Waals surface area contributed by atoms with Crippen LogP contribution in [-0.4, -0.2) is 33.5 Å². The van der Waals surface area contributed by atoms with Gasteiger partial charge in [-0.25, -0.2) is 0 Å². The SMILES string of the molecule is COCCOc1ccccc1C(NN)C(OC)C1CC1. The summed E-state index contributed by atoms with van der Waals surface area (Å²) in [5.74, 6) is 7.17. The van der Waals surface area contributed by atoms with E-state index in [0.717, 1.165) is 11.3 Å². The van der Waals surface area contributed by atoms with Crippen LogP contribution in [0.1, 0.15) is 24.4 Å². The summed E-state index contributed by atoms with van der Waals surface area (Å²) in [6, 6.07) is 7.86. The normalized spacial score (nSPS) is 17.8. The molecule has 0 aromatic heterocycles. The van der Waals surface area contributed by atoms with Crippen LogP contribution in [0.4, 0.5) is 0 Å². The number of hydrazine groups is 1. The van der Waals surface area contributed by atoms with Gasteiger partial charge in [0, 0.05) is 19.8 Å². The second kappa shape index (κ2) is 7.59. The van der Waals surface area contributed by atoms with Gasteiger partial charge in [0.15, 0.2) is 0 Å². The highest BCUT2D eigenvalue weighted by Crippen LogP contribution is 2.41. The quantitative estimate of drug-likeness (QED) is 0.409. The molecule has 0 spiro atoms. The molecule has 0 saturated heterocycles. The van der Waals surface area contributed by atoms with Crippen molar-refractivity contribution in [3.05, 3.63) is 29.8 Å². The van der Waals surface area contributed by atoms with Crippen LogP contribution in [0.5, 0.6) is 5.75 Å². The van der Waals surface area contributed by atoms with Crippen LogP contribution in [0.3, 0.4) is 0 Å². The van der Waals surface area contributed by atoms with Gasteiger partial charge in [-0.05, 0) is 24.8 Å². The summed E-state index contributed by atoms with van der Waals surface area (Å²) in [6.07, 6.45) is 2.47. The number of hydrogen-bond donors (Lipinski definition) is 2. The summed E-state index contributed by atoms with van der Waals surface area (Å²) < 4.78 is 16.4. The second-order valence-corrected chi connectivity index (χ2v) is 5.06. The average molecular weight is 280 g/mol. The Morgan fingerprint density at radius 2 is 2.00 bits per heavy atom. The number of hydrogen-bond acceptors (Lipinski definition) is 5. The molecule has 3 N–H and O–H groups in total. The van der Waals surface area contributed by atoms with Crippen LogP contribution >= 0.6 is 0 Å². The lowest BCUT2D eigenvalue weighted by Crippen LogP contribution is -2.39. The Bertz CT molecular complexity index is 410. The van der Waals surface area contributed by atoms with Crippen LogP contribution in [-0.2, 0) is 9.47 Å². The van der Waals surface area contributed by atoms with E-state index >= 15 is 0 Å². The Morgan fingerprint density at radius 1 is 1.25 bits per heavy atom. The molecule has 0 heterocycles. The molecule has 2 unspecified atom stereocenters. The number of rotatable bonds is 9. The third-order valence-corrected chi connectivity index (χ3v) is 3.67. The zero-order valence-electron chi connectivity index (χ0n) is 12.2. The largest absolute Gasteiger partial charge is 0.491 e. The zero-order chi connectivity index (χ0) is 14.4. The molecule has 112 valence electrons. The number of nitrogens with one attached hydrogen (secondary N) is 1. The molecule has 2 rings (SSSR count). The minimum absolute atomic E-state index is 0.0637. The molecular weight excluding hydrogens is 256 g/mol. The fourth-order valence-corrected chi connectivity index (χ4v) is 2.49. The number of para-hydroxylation sites is 1. The van der Waals surface area contributed by atoms with Crippen molar-refractivity contribution < 1.29 is 14.2 Å². The van der Waals surface area contributed by atoms with E-state index in [1.165, 1.54) is 12.8 Å². The molecule has 1 aromatic carbocycles. The lowest BCUT2D eigenvalue weighted by molar-refractivity contribution is 0.0494.